The molecule has 8 nitrogen and oxygen atoms in total. The zero-order valence-electron chi connectivity index (χ0n) is 16.0. The number of carbonyl (C=O) groups excluding carboxylic acids is 1. The lowest BCUT2D eigenvalue weighted by Crippen LogP contribution is -2.25. The van der Waals surface area contributed by atoms with Crippen molar-refractivity contribution in [3.63, 3.8) is 0 Å². The van der Waals surface area contributed by atoms with Crippen molar-refractivity contribution in [3.8, 4) is 0 Å². The number of hydrogen-bond acceptors (Lipinski definition) is 4. The Labute approximate surface area is 177 Å². The molecule has 0 aliphatic rings. The SMILES string of the molecule is Cc1nn(Cc2c(Cl)cccc2Cl)c(C)c1NC(=O)C(C)n1ccc(C(=O)O)n1. The van der Waals surface area contributed by atoms with Gasteiger partial charge >= 0.3 is 5.97 Å². The minimum atomic E-state index is -1.15. The number of aromatic carboxylic acids is 1. The Morgan fingerprint density at radius 3 is 2.41 bits per heavy atom. The topological polar surface area (TPSA) is 102 Å². The molecule has 0 aliphatic carbocycles. The van der Waals surface area contributed by atoms with Crippen LogP contribution in [0.5, 0.6) is 0 Å². The lowest BCUT2D eigenvalue weighted by molar-refractivity contribution is -0.119. The van der Waals surface area contributed by atoms with Gasteiger partial charge in [-0.1, -0.05) is 29.3 Å². The average molecular weight is 436 g/mol. The summed E-state index contributed by atoms with van der Waals surface area (Å²) in [5.41, 5.74) is 2.58. The summed E-state index contributed by atoms with van der Waals surface area (Å²) in [6.45, 7) is 5.61. The molecule has 1 atom stereocenters. The maximum atomic E-state index is 12.7. The van der Waals surface area contributed by atoms with Crippen molar-refractivity contribution in [2.24, 2.45) is 0 Å². The smallest absolute Gasteiger partial charge is 0.356 e. The summed E-state index contributed by atoms with van der Waals surface area (Å²) < 4.78 is 3.02. The minimum Gasteiger partial charge on any atom is -0.476 e. The van der Waals surface area contributed by atoms with Crippen LogP contribution in [-0.4, -0.2) is 36.5 Å². The summed E-state index contributed by atoms with van der Waals surface area (Å²) in [5, 5.41) is 21.3. The Morgan fingerprint density at radius 2 is 1.83 bits per heavy atom. The van der Waals surface area contributed by atoms with E-state index < -0.39 is 12.0 Å². The Kier molecular flexibility index (Phi) is 5.95. The van der Waals surface area contributed by atoms with Crippen molar-refractivity contribution >= 4 is 40.8 Å². The third kappa shape index (κ3) is 4.28. The third-order valence-corrected chi connectivity index (χ3v) is 5.31. The second kappa shape index (κ2) is 8.26. The summed E-state index contributed by atoms with van der Waals surface area (Å²) in [5.74, 6) is -1.49. The van der Waals surface area contributed by atoms with Gasteiger partial charge in [0.1, 0.15) is 6.04 Å². The summed E-state index contributed by atoms with van der Waals surface area (Å²) in [7, 11) is 0. The van der Waals surface area contributed by atoms with Crippen molar-refractivity contribution < 1.29 is 14.7 Å². The number of carboxylic acid groups (broad SMARTS) is 1. The number of nitrogens with one attached hydrogen (secondary N) is 1. The van der Waals surface area contributed by atoms with Crippen LogP contribution in [-0.2, 0) is 11.3 Å². The summed E-state index contributed by atoms with van der Waals surface area (Å²) in [6.07, 6.45) is 1.45. The van der Waals surface area contributed by atoms with Crippen molar-refractivity contribution in [1.29, 1.82) is 0 Å². The molecule has 2 N–H and O–H groups in total. The van der Waals surface area contributed by atoms with Crippen molar-refractivity contribution in [2.45, 2.75) is 33.4 Å². The van der Waals surface area contributed by atoms with Gasteiger partial charge in [-0.3, -0.25) is 14.2 Å². The first-order valence-electron chi connectivity index (χ1n) is 8.75. The molecule has 1 unspecified atom stereocenters. The molecule has 152 valence electrons. The molecule has 3 aromatic rings. The highest BCUT2D eigenvalue weighted by molar-refractivity contribution is 6.35. The van der Waals surface area contributed by atoms with Gasteiger partial charge in [0, 0.05) is 21.8 Å². The molecule has 3 rings (SSSR count). The number of carbonyl (C=O) groups is 2. The van der Waals surface area contributed by atoms with Crippen LogP contribution in [0, 0.1) is 13.8 Å². The van der Waals surface area contributed by atoms with Gasteiger partial charge in [0.15, 0.2) is 5.69 Å². The maximum absolute atomic E-state index is 12.7. The number of anilines is 1. The average Bonchev–Trinajstić information content (AvgIpc) is 3.25. The van der Waals surface area contributed by atoms with Crippen LogP contribution in [0.15, 0.2) is 30.5 Å². The number of rotatable bonds is 6. The Hall–Kier alpha value is -2.84. The molecule has 1 aromatic carbocycles. The quantitative estimate of drug-likeness (QED) is 0.609. The normalized spacial score (nSPS) is 12.0. The number of benzene rings is 1. The highest BCUT2D eigenvalue weighted by atomic mass is 35.5. The van der Waals surface area contributed by atoms with Crippen LogP contribution in [0.4, 0.5) is 5.69 Å². The molecule has 0 saturated carbocycles. The van der Waals surface area contributed by atoms with Crippen LogP contribution in [0.2, 0.25) is 10.0 Å². The van der Waals surface area contributed by atoms with Gasteiger partial charge in [0.05, 0.1) is 23.6 Å². The van der Waals surface area contributed by atoms with Crippen LogP contribution in [0.25, 0.3) is 0 Å². The molecule has 0 aliphatic heterocycles. The van der Waals surface area contributed by atoms with E-state index in [1.54, 1.807) is 36.7 Å². The van der Waals surface area contributed by atoms with E-state index >= 15 is 0 Å². The monoisotopic (exact) mass is 435 g/mol. The van der Waals surface area contributed by atoms with Gasteiger partial charge in [0.2, 0.25) is 5.91 Å². The molecule has 0 saturated heterocycles. The molecule has 0 radical (unpaired) electrons. The second-order valence-corrected chi connectivity index (χ2v) is 7.37. The molecule has 0 bridgehead atoms. The fourth-order valence-electron chi connectivity index (χ4n) is 2.88. The predicted molar refractivity (Wildman–Crippen MR) is 110 cm³/mol. The molecule has 1 amide bonds. The molecule has 0 fully saturated rings. The van der Waals surface area contributed by atoms with Gasteiger partial charge in [-0.2, -0.15) is 10.2 Å². The van der Waals surface area contributed by atoms with Crippen molar-refractivity contribution in [1.82, 2.24) is 19.6 Å². The van der Waals surface area contributed by atoms with E-state index in [1.807, 2.05) is 6.92 Å². The van der Waals surface area contributed by atoms with Gasteiger partial charge in [-0.05, 0) is 39.0 Å². The Bertz CT molecular complexity index is 1070. The second-order valence-electron chi connectivity index (χ2n) is 6.56. The largest absolute Gasteiger partial charge is 0.476 e. The Morgan fingerprint density at radius 1 is 1.17 bits per heavy atom. The molecule has 2 aromatic heterocycles. The van der Waals surface area contributed by atoms with Gasteiger partial charge < -0.3 is 10.4 Å². The van der Waals surface area contributed by atoms with Crippen LogP contribution in [0.1, 0.15) is 40.4 Å². The minimum absolute atomic E-state index is 0.124. The van der Waals surface area contributed by atoms with Crippen molar-refractivity contribution in [3.05, 3.63) is 63.2 Å². The summed E-state index contributed by atoms with van der Waals surface area (Å²) in [4.78, 5) is 23.7. The first-order chi connectivity index (χ1) is 13.7. The van der Waals surface area contributed by atoms with Gasteiger partial charge in [-0.25, -0.2) is 4.79 Å². The number of hydrogen-bond donors (Lipinski definition) is 2. The maximum Gasteiger partial charge on any atom is 0.356 e. The van der Waals surface area contributed by atoms with E-state index in [-0.39, 0.29) is 11.6 Å². The van der Waals surface area contributed by atoms with Crippen molar-refractivity contribution in [2.75, 3.05) is 5.32 Å². The van der Waals surface area contributed by atoms with Gasteiger partial charge in [0.25, 0.3) is 0 Å². The predicted octanol–water partition coefficient (Wildman–Crippen LogP) is 3.95. The number of halogens is 2. The zero-order chi connectivity index (χ0) is 21.3. The first kappa shape index (κ1) is 20.9. The Balaban J connectivity index is 1.81. The summed E-state index contributed by atoms with van der Waals surface area (Å²) >= 11 is 12.5. The highest BCUT2D eigenvalue weighted by Gasteiger charge is 2.21. The molecular weight excluding hydrogens is 417 g/mol. The van der Waals surface area contributed by atoms with Crippen LogP contribution >= 0.6 is 23.2 Å². The van der Waals surface area contributed by atoms with E-state index in [1.165, 1.54) is 16.9 Å². The number of aryl methyl sites for hydroxylation is 1. The van der Waals surface area contributed by atoms with E-state index in [0.717, 1.165) is 11.3 Å². The zero-order valence-corrected chi connectivity index (χ0v) is 17.5. The molecular formula is C19H19Cl2N5O3. The standard InChI is InChI=1S/C19H19Cl2N5O3/c1-10-17(22-18(27)12(3)25-8-7-16(24-25)19(28)29)11(2)26(23-10)9-13-14(20)5-4-6-15(13)21/h4-8,12H,9H2,1-3H3,(H,22,27)(H,28,29). The first-order valence-corrected chi connectivity index (χ1v) is 9.50. The lowest BCUT2D eigenvalue weighted by atomic mass is 10.2. The number of aromatic nitrogens is 4. The van der Waals surface area contributed by atoms with E-state index in [9.17, 15) is 9.59 Å². The number of carboxylic acids is 1. The summed E-state index contributed by atoms with van der Waals surface area (Å²) in [6, 6.07) is 5.92. The molecule has 2 heterocycles. The fraction of sp³-hybridized carbons (Fsp3) is 0.263. The number of nitrogens with zero attached hydrogens (tertiary/aromatic N) is 4. The fourth-order valence-corrected chi connectivity index (χ4v) is 3.40. The molecule has 0 spiro atoms. The third-order valence-electron chi connectivity index (χ3n) is 4.60. The van der Waals surface area contributed by atoms with E-state index in [2.05, 4.69) is 15.5 Å². The lowest BCUT2D eigenvalue weighted by Gasteiger charge is -2.13. The van der Waals surface area contributed by atoms with Gasteiger partial charge in [-0.15, -0.1) is 0 Å². The van der Waals surface area contributed by atoms with Crippen LogP contribution < -0.4 is 5.32 Å². The van der Waals surface area contributed by atoms with E-state index in [0.29, 0.717) is 28.0 Å². The van der Waals surface area contributed by atoms with E-state index in [4.69, 9.17) is 28.3 Å². The van der Waals surface area contributed by atoms with Crippen LogP contribution in [0.3, 0.4) is 0 Å². The molecule has 10 heteroatoms. The number of amides is 1. The molecule has 29 heavy (non-hydrogen) atoms. The highest BCUT2D eigenvalue weighted by Crippen LogP contribution is 2.27.